The van der Waals surface area contributed by atoms with Crippen molar-refractivity contribution in [2.24, 2.45) is 0 Å². The first-order valence-electron chi connectivity index (χ1n) is 39.3. The van der Waals surface area contributed by atoms with Crippen molar-refractivity contribution in [3.63, 3.8) is 0 Å². The lowest BCUT2D eigenvalue weighted by Crippen LogP contribution is -2.45. The van der Waals surface area contributed by atoms with Crippen LogP contribution in [0.5, 0.6) is 0 Å². The van der Waals surface area contributed by atoms with Gasteiger partial charge in [0.2, 0.25) is 5.91 Å². The highest BCUT2D eigenvalue weighted by atomic mass is 16.5. The lowest BCUT2D eigenvalue weighted by molar-refractivity contribution is -0.143. The van der Waals surface area contributed by atoms with E-state index in [-0.39, 0.29) is 18.5 Å². The molecule has 0 aliphatic carbocycles. The predicted octanol–water partition coefficient (Wildman–Crippen LogP) is 25.8. The van der Waals surface area contributed by atoms with Crippen molar-refractivity contribution in [2.75, 3.05) is 13.2 Å². The summed E-state index contributed by atoms with van der Waals surface area (Å²) in [6.07, 6.45) is 98.3. The fourth-order valence-corrected chi connectivity index (χ4v) is 12.4. The molecule has 0 heterocycles. The fourth-order valence-electron chi connectivity index (χ4n) is 12.4. The van der Waals surface area contributed by atoms with Crippen molar-refractivity contribution in [3.8, 4) is 0 Å². The van der Waals surface area contributed by atoms with E-state index in [4.69, 9.17) is 4.74 Å². The number of hydrogen-bond acceptors (Lipinski definition) is 5. The van der Waals surface area contributed by atoms with E-state index in [1.54, 1.807) is 6.08 Å². The summed E-state index contributed by atoms with van der Waals surface area (Å²) in [6.45, 7) is 4.95. The Morgan fingerprint density at radius 3 is 0.884 bits per heavy atom. The first-order valence-corrected chi connectivity index (χ1v) is 39.3. The van der Waals surface area contributed by atoms with E-state index >= 15 is 0 Å². The minimum atomic E-state index is -0.845. The van der Waals surface area contributed by atoms with Crippen LogP contribution in [0.4, 0.5) is 0 Å². The molecule has 0 aromatic rings. The molecule has 0 aliphatic rings. The number of amides is 1. The molecule has 0 spiro atoms. The fraction of sp³-hybridized carbons (Fsp3) is 0.900. The third-order valence-electron chi connectivity index (χ3n) is 18.4. The first-order chi connectivity index (χ1) is 42.5. The molecule has 0 radical (unpaired) electrons. The zero-order chi connectivity index (χ0) is 62.0. The second-order valence-electron chi connectivity index (χ2n) is 27.0. The normalized spacial score (nSPS) is 12.7. The molecule has 0 aromatic heterocycles. The number of aliphatic hydroxyl groups is 2. The molecule has 86 heavy (non-hydrogen) atoms. The molecule has 6 nitrogen and oxygen atoms in total. The van der Waals surface area contributed by atoms with E-state index in [9.17, 15) is 19.8 Å². The molecule has 2 atom stereocenters. The second kappa shape index (κ2) is 75.5. The molecule has 2 unspecified atom stereocenters. The van der Waals surface area contributed by atoms with E-state index < -0.39 is 12.1 Å². The van der Waals surface area contributed by atoms with Crippen LogP contribution in [-0.4, -0.2) is 47.4 Å². The highest BCUT2D eigenvalue weighted by molar-refractivity contribution is 5.76. The SMILES string of the molecule is CCCCCCCCCCCCCCCCCCC/C=C/C(O)C(CO)NC(=O)CCCCCCCCCCCCCCCCC/C=C\C/C=C\CCCCCCCCCCCOC(=O)CCCCCCCCCCCCCCCCCCCCC. The Labute approximate surface area is 538 Å². The third-order valence-corrected chi connectivity index (χ3v) is 18.4. The van der Waals surface area contributed by atoms with Gasteiger partial charge < -0.3 is 20.3 Å². The highest BCUT2D eigenvalue weighted by Gasteiger charge is 2.18. The lowest BCUT2D eigenvalue weighted by atomic mass is 10.0. The number of ether oxygens (including phenoxy) is 1. The van der Waals surface area contributed by atoms with E-state index in [0.717, 1.165) is 44.9 Å². The minimum Gasteiger partial charge on any atom is -0.466 e. The highest BCUT2D eigenvalue weighted by Crippen LogP contribution is 2.19. The molecule has 0 fully saturated rings. The van der Waals surface area contributed by atoms with Crippen molar-refractivity contribution in [1.82, 2.24) is 5.32 Å². The van der Waals surface area contributed by atoms with Gasteiger partial charge in [-0.2, -0.15) is 0 Å². The summed E-state index contributed by atoms with van der Waals surface area (Å²) in [7, 11) is 0. The van der Waals surface area contributed by atoms with Gasteiger partial charge in [-0.05, 0) is 64.2 Å². The number of carbonyl (C=O) groups is 2. The number of rotatable bonds is 74. The molecule has 508 valence electrons. The molecule has 0 aromatic carbocycles. The third kappa shape index (κ3) is 71.2. The van der Waals surface area contributed by atoms with E-state index in [1.165, 1.54) is 366 Å². The summed E-state index contributed by atoms with van der Waals surface area (Å²) in [5.74, 6) is -0.0451. The zero-order valence-electron chi connectivity index (χ0n) is 58.3. The van der Waals surface area contributed by atoms with E-state index in [0.29, 0.717) is 19.4 Å². The molecule has 3 N–H and O–H groups in total. The molecular formula is C80H153NO5. The Morgan fingerprint density at radius 1 is 0.326 bits per heavy atom. The van der Waals surface area contributed by atoms with Crippen molar-refractivity contribution < 1.29 is 24.5 Å². The molecule has 0 bridgehead atoms. The molecular weight excluding hydrogens is 1050 g/mol. The van der Waals surface area contributed by atoms with Gasteiger partial charge in [-0.15, -0.1) is 0 Å². The predicted molar refractivity (Wildman–Crippen MR) is 379 cm³/mol. The molecule has 0 aliphatic heterocycles. The van der Waals surface area contributed by atoms with Crippen molar-refractivity contribution in [1.29, 1.82) is 0 Å². The van der Waals surface area contributed by atoms with Crippen LogP contribution in [-0.2, 0) is 14.3 Å². The summed E-state index contributed by atoms with van der Waals surface area (Å²) < 4.78 is 5.51. The van der Waals surface area contributed by atoms with Gasteiger partial charge in [0, 0.05) is 12.8 Å². The van der Waals surface area contributed by atoms with Gasteiger partial charge in [0.05, 0.1) is 25.4 Å². The average molecular weight is 1210 g/mol. The van der Waals surface area contributed by atoms with Crippen LogP contribution in [0, 0.1) is 0 Å². The molecule has 1 amide bonds. The van der Waals surface area contributed by atoms with Gasteiger partial charge in [0.15, 0.2) is 0 Å². The Balaban J connectivity index is 3.39. The van der Waals surface area contributed by atoms with Crippen LogP contribution < -0.4 is 5.32 Å². The lowest BCUT2D eigenvalue weighted by Gasteiger charge is -2.20. The molecule has 0 saturated heterocycles. The van der Waals surface area contributed by atoms with Crippen LogP contribution in [0.1, 0.15) is 438 Å². The van der Waals surface area contributed by atoms with Gasteiger partial charge >= 0.3 is 5.97 Å². The van der Waals surface area contributed by atoms with E-state index in [1.807, 2.05) is 6.08 Å². The number of aliphatic hydroxyl groups excluding tert-OH is 2. The minimum absolute atomic E-state index is 0.0185. The van der Waals surface area contributed by atoms with Crippen LogP contribution in [0.3, 0.4) is 0 Å². The summed E-state index contributed by atoms with van der Waals surface area (Å²) in [5, 5.41) is 23.3. The van der Waals surface area contributed by atoms with Gasteiger partial charge in [0.1, 0.15) is 0 Å². The van der Waals surface area contributed by atoms with Gasteiger partial charge in [-0.25, -0.2) is 0 Å². The standard InChI is InChI=1S/C80H153NO5/c1-3-5-7-9-11-13-15-17-19-21-36-40-44-48-52-56-60-64-68-72-78(83)77(76-82)81-79(84)73-69-65-61-57-53-49-45-41-38-34-32-30-28-26-24-23-25-27-29-31-33-35-39-43-47-51-55-59-63-67-71-75-86-80(85)74-70-66-62-58-54-50-46-42-37-22-20-18-16-14-12-10-8-6-4-2/h25,27,31,33,68,72,77-78,82-83H,3-24,26,28-30,32,34-67,69-71,73-76H2,1-2H3,(H,81,84)/b27-25-,33-31-,72-68+. The topological polar surface area (TPSA) is 95.9 Å². The average Bonchev–Trinajstić information content (AvgIpc) is 3.54. The van der Waals surface area contributed by atoms with Crippen LogP contribution in [0.15, 0.2) is 36.5 Å². The van der Waals surface area contributed by atoms with E-state index in [2.05, 4.69) is 43.5 Å². The first kappa shape index (κ1) is 84.1. The zero-order valence-corrected chi connectivity index (χ0v) is 58.3. The maximum Gasteiger partial charge on any atom is 0.305 e. The Morgan fingerprint density at radius 2 is 0.581 bits per heavy atom. The maximum atomic E-state index is 12.5. The van der Waals surface area contributed by atoms with Gasteiger partial charge in [-0.1, -0.05) is 397 Å². The van der Waals surface area contributed by atoms with Crippen molar-refractivity contribution in [2.45, 2.75) is 450 Å². The van der Waals surface area contributed by atoms with Crippen molar-refractivity contribution >= 4 is 11.9 Å². The van der Waals surface area contributed by atoms with Crippen LogP contribution in [0.2, 0.25) is 0 Å². The quantitative estimate of drug-likeness (QED) is 0.0320. The number of carbonyl (C=O) groups excluding carboxylic acids is 2. The van der Waals surface area contributed by atoms with Crippen LogP contribution >= 0.6 is 0 Å². The summed E-state index contributed by atoms with van der Waals surface area (Å²) in [4.78, 5) is 24.7. The Bertz CT molecular complexity index is 1390. The summed E-state index contributed by atoms with van der Waals surface area (Å²) in [5.41, 5.74) is 0. The summed E-state index contributed by atoms with van der Waals surface area (Å²) in [6, 6.07) is -0.629. The van der Waals surface area contributed by atoms with Crippen molar-refractivity contribution in [3.05, 3.63) is 36.5 Å². The van der Waals surface area contributed by atoms with Crippen LogP contribution in [0.25, 0.3) is 0 Å². The monoisotopic (exact) mass is 1210 g/mol. The number of nitrogens with one attached hydrogen (secondary N) is 1. The number of hydrogen-bond donors (Lipinski definition) is 3. The maximum absolute atomic E-state index is 12.5. The Hall–Kier alpha value is -1.92. The van der Waals surface area contributed by atoms with Gasteiger partial charge in [0.25, 0.3) is 0 Å². The smallest absolute Gasteiger partial charge is 0.305 e. The van der Waals surface area contributed by atoms with Gasteiger partial charge in [-0.3, -0.25) is 9.59 Å². The molecule has 0 saturated carbocycles. The largest absolute Gasteiger partial charge is 0.466 e. The number of allylic oxidation sites excluding steroid dienone is 5. The molecule has 6 heteroatoms. The number of unbranched alkanes of at least 4 members (excludes halogenated alkanes) is 59. The molecule has 0 rings (SSSR count). The Kier molecular flexibility index (Phi) is 73.9. The summed E-state index contributed by atoms with van der Waals surface area (Å²) >= 11 is 0. The number of esters is 1. The second-order valence-corrected chi connectivity index (χ2v) is 27.0.